The minimum absolute atomic E-state index is 0.406. The predicted molar refractivity (Wildman–Crippen MR) is 114 cm³/mol. The number of methoxy groups -OCH3 is 1. The number of aliphatic hydroxyl groups is 1. The van der Waals surface area contributed by atoms with Crippen molar-refractivity contribution in [1.82, 2.24) is 4.90 Å². The fourth-order valence-electron chi connectivity index (χ4n) is 3.79. The molecule has 0 radical (unpaired) electrons. The van der Waals surface area contributed by atoms with E-state index in [9.17, 15) is 5.11 Å². The van der Waals surface area contributed by atoms with Crippen molar-refractivity contribution in [2.45, 2.75) is 84.5 Å². The molecule has 1 aromatic heterocycles. The molecule has 0 fully saturated rings. The van der Waals surface area contributed by atoms with Crippen LogP contribution in [0.4, 0.5) is 0 Å². The van der Waals surface area contributed by atoms with Crippen molar-refractivity contribution in [1.29, 1.82) is 0 Å². The lowest BCUT2D eigenvalue weighted by atomic mass is 9.90. The fourth-order valence-corrected chi connectivity index (χ4v) is 3.79. The van der Waals surface area contributed by atoms with Gasteiger partial charge in [-0.1, -0.05) is 51.8 Å². The highest BCUT2D eigenvalue weighted by Gasteiger charge is 2.31. The van der Waals surface area contributed by atoms with E-state index in [2.05, 4.69) is 38.7 Å². The maximum atomic E-state index is 11.1. The average Bonchev–Trinajstić information content (AvgIpc) is 3.17. The van der Waals surface area contributed by atoms with Crippen LogP contribution in [-0.2, 0) is 18.7 Å². The van der Waals surface area contributed by atoms with Gasteiger partial charge in [-0.05, 0) is 44.4 Å². The number of rotatable bonds is 12. The molecule has 156 valence electrons. The van der Waals surface area contributed by atoms with Gasteiger partial charge in [0.15, 0.2) is 0 Å². The minimum Gasteiger partial charge on any atom is -0.496 e. The third-order valence-corrected chi connectivity index (χ3v) is 5.59. The first kappa shape index (κ1) is 22.5. The van der Waals surface area contributed by atoms with Gasteiger partial charge in [0.05, 0.1) is 13.7 Å². The summed E-state index contributed by atoms with van der Waals surface area (Å²) in [5, 5.41) is 11.1. The molecular formula is C24H37NO3. The predicted octanol–water partition coefficient (Wildman–Crippen LogP) is 5.88. The quantitative estimate of drug-likeness (QED) is 0.494. The van der Waals surface area contributed by atoms with E-state index in [4.69, 9.17) is 9.15 Å². The Balaban J connectivity index is 2.20. The Morgan fingerprint density at radius 3 is 2.32 bits per heavy atom. The lowest BCUT2D eigenvalue weighted by Crippen LogP contribution is -2.31. The van der Waals surface area contributed by atoms with Gasteiger partial charge >= 0.3 is 0 Å². The summed E-state index contributed by atoms with van der Waals surface area (Å²) < 4.78 is 11.7. The van der Waals surface area contributed by atoms with Crippen LogP contribution in [0.1, 0.15) is 76.9 Å². The molecule has 0 aliphatic carbocycles. The average molecular weight is 388 g/mol. The van der Waals surface area contributed by atoms with Gasteiger partial charge < -0.3 is 14.3 Å². The minimum atomic E-state index is -0.856. The van der Waals surface area contributed by atoms with Crippen LogP contribution in [0.3, 0.4) is 0 Å². The first-order chi connectivity index (χ1) is 13.5. The van der Waals surface area contributed by atoms with E-state index in [1.165, 1.54) is 5.56 Å². The number of hydrogen-bond donors (Lipinski definition) is 1. The second kappa shape index (κ2) is 10.7. The topological polar surface area (TPSA) is 45.8 Å². The molecule has 0 bridgehead atoms. The summed E-state index contributed by atoms with van der Waals surface area (Å²) in [6.07, 6.45) is 4.37. The monoisotopic (exact) mass is 387 g/mol. The summed E-state index contributed by atoms with van der Waals surface area (Å²) in [5.74, 6) is 2.51. The Morgan fingerprint density at radius 1 is 1.04 bits per heavy atom. The van der Waals surface area contributed by atoms with E-state index >= 15 is 0 Å². The Labute approximate surface area is 170 Å². The van der Waals surface area contributed by atoms with Crippen molar-refractivity contribution in [3.8, 4) is 5.75 Å². The third-order valence-electron chi connectivity index (χ3n) is 5.59. The van der Waals surface area contributed by atoms with Gasteiger partial charge in [-0.25, -0.2) is 0 Å². The van der Waals surface area contributed by atoms with Crippen LogP contribution in [0.15, 0.2) is 40.8 Å². The molecule has 0 spiro atoms. The zero-order chi connectivity index (χ0) is 20.6. The molecule has 1 N–H and O–H groups in total. The van der Waals surface area contributed by atoms with Crippen LogP contribution in [-0.4, -0.2) is 23.2 Å². The Hall–Kier alpha value is -1.78. The number of para-hydroxylation sites is 1. The Morgan fingerprint density at radius 2 is 1.71 bits per heavy atom. The van der Waals surface area contributed by atoms with Crippen LogP contribution < -0.4 is 4.74 Å². The van der Waals surface area contributed by atoms with Crippen molar-refractivity contribution in [3.63, 3.8) is 0 Å². The molecule has 0 amide bonds. The summed E-state index contributed by atoms with van der Waals surface area (Å²) in [7, 11) is 1.72. The van der Waals surface area contributed by atoms with Gasteiger partial charge in [-0.15, -0.1) is 0 Å². The van der Waals surface area contributed by atoms with E-state index in [1.54, 1.807) is 7.11 Å². The Bertz CT molecular complexity index is 703. The van der Waals surface area contributed by atoms with Gasteiger partial charge in [0.25, 0.3) is 0 Å². The molecule has 0 saturated carbocycles. The highest BCUT2D eigenvalue weighted by Crippen LogP contribution is 2.33. The van der Waals surface area contributed by atoms with Crippen molar-refractivity contribution in [2.24, 2.45) is 0 Å². The van der Waals surface area contributed by atoms with E-state index in [1.807, 2.05) is 30.3 Å². The largest absolute Gasteiger partial charge is 0.496 e. The molecule has 0 aliphatic heterocycles. The van der Waals surface area contributed by atoms with Gasteiger partial charge in [-0.2, -0.15) is 0 Å². The first-order valence-corrected chi connectivity index (χ1v) is 10.6. The van der Waals surface area contributed by atoms with Gasteiger partial charge in [0.1, 0.15) is 22.9 Å². The summed E-state index contributed by atoms with van der Waals surface area (Å²) in [6.45, 7) is 10.1. The molecule has 1 heterocycles. The van der Waals surface area contributed by atoms with Crippen LogP contribution >= 0.6 is 0 Å². The molecule has 4 nitrogen and oxygen atoms in total. The molecule has 2 rings (SSSR count). The molecule has 2 aromatic rings. The number of ether oxygens (including phenoxy) is 1. The summed E-state index contributed by atoms with van der Waals surface area (Å²) in [6, 6.07) is 12.5. The van der Waals surface area contributed by atoms with Crippen molar-refractivity contribution >= 4 is 0 Å². The maximum absolute atomic E-state index is 11.1. The van der Waals surface area contributed by atoms with E-state index in [0.29, 0.717) is 18.3 Å². The Kier molecular flexibility index (Phi) is 8.58. The molecule has 1 aromatic carbocycles. The molecule has 0 aliphatic rings. The van der Waals surface area contributed by atoms with Crippen LogP contribution in [0.2, 0.25) is 0 Å². The van der Waals surface area contributed by atoms with Crippen LogP contribution in [0.25, 0.3) is 0 Å². The van der Waals surface area contributed by atoms with Crippen molar-refractivity contribution in [3.05, 3.63) is 53.5 Å². The van der Waals surface area contributed by atoms with Crippen molar-refractivity contribution < 1.29 is 14.3 Å². The lowest BCUT2D eigenvalue weighted by molar-refractivity contribution is -0.00544. The zero-order valence-electron chi connectivity index (χ0n) is 18.2. The molecule has 28 heavy (non-hydrogen) atoms. The third kappa shape index (κ3) is 5.62. The van der Waals surface area contributed by atoms with E-state index in [-0.39, 0.29) is 0 Å². The number of benzene rings is 1. The normalized spacial score (nSPS) is 13.1. The highest BCUT2D eigenvalue weighted by molar-refractivity contribution is 5.33. The molecule has 4 heteroatoms. The second-order valence-corrected chi connectivity index (χ2v) is 7.77. The van der Waals surface area contributed by atoms with E-state index in [0.717, 1.165) is 50.2 Å². The summed E-state index contributed by atoms with van der Waals surface area (Å²) in [4.78, 5) is 2.40. The van der Waals surface area contributed by atoms with Gasteiger partial charge in [0.2, 0.25) is 0 Å². The second-order valence-electron chi connectivity index (χ2n) is 7.77. The van der Waals surface area contributed by atoms with Crippen molar-refractivity contribution in [2.75, 3.05) is 7.11 Å². The van der Waals surface area contributed by atoms with E-state index < -0.39 is 5.60 Å². The van der Waals surface area contributed by atoms with Crippen LogP contribution in [0, 0.1) is 0 Å². The number of furan rings is 1. The number of hydrogen-bond acceptors (Lipinski definition) is 4. The maximum Gasteiger partial charge on any atom is 0.135 e. The fraction of sp³-hybridized carbons (Fsp3) is 0.583. The molecule has 0 saturated heterocycles. The molecule has 1 atom stereocenters. The first-order valence-electron chi connectivity index (χ1n) is 10.6. The van der Waals surface area contributed by atoms with Crippen LogP contribution in [0.5, 0.6) is 5.75 Å². The molecular weight excluding hydrogens is 350 g/mol. The summed E-state index contributed by atoms with van der Waals surface area (Å²) >= 11 is 0. The smallest absolute Gasteiger partial charge is 0.135 e. The zero-order valence-corrected chi connectivity index (χ0v) is 18.2. The molecule has 1 unspecified atom stereocenters. The standard InChI is InChI=1S/C24H37NO3/c1-6-15-24(26,16-7-2)23-14-13-21(28-23)18-25(19(4)8-3)17-20-11-9-10-12-22(20)27-5/h9-14,19,26H,6-8,15-18H2,1-5H3. The lowest BCUT2D eigenvalue weighted by Gasteiger charge is -2.28. The van der Waals surface area contributed by atoms with Gasteiger partial charge in [-0.3, -0.25) is 4.90 Å². The van der Waals surface area contributed by atoms with Gasteiger partial charge in [0, 0.05) is 18.2 Å². The summed E-state index contributed by atoms with van der Waals surface area (Å²) in [5.41, 5.74) is 0.316. The number of nitrogens with zero attached hydrogens (tertiary/aromatic N) is 1. The SMILES string of the molecule is CCCC(O)(CCC)c1ccc(CN(Cc2ccccc2OC)C(C)CC)o1. The highest BCUT2D eigenvalue weighted by atomic mass is 16.5.